The minimum Gasteiger partial charge on any atom is -0.207 e. The molecule has 1 aliphatic carbocycles. The van der Waals surface area contributed by atoms with E-state index in [-0.39, 0.29) is 5.83 Å². The molecule has 1 heteroatoms. The van der Waals surface area contributed by atoms with Gasteiger partial charge in [-0.3, -0.25) is 0 Å². The van der Waals surface area contributed by atoms with Crippen molar-refractivity contribution in [2.45, 2.75) is 58.8 Å². The number of hydrogen-bond donors (Lipinski definition) is 0. The highest BCUT2D eigenvalue weighted by Gasteiger charge is 2.19. The van der Waals surface area contributed by atoms with Gasteiger partial charge in [0.25, 0.3) is 0 Å². The third-order valence-corrected chi connectivity index (χ3v) is 4.79. The van der Waals surface area contributed by atoms with Gasteiger partial charge in [0.2, 0.25) is 0 Å². The van der Waals surface area contributed by atoms with Crippen molar-refractivity contribution >= 4 is 0 Å². The van der Waals surface area contributed by atoms with Crippen LogP contribution in [-0.2, 0) is 6.42 Å². The Bertz CT molecular complexity index is 513. The van der Waals surface area contributed by atoms with Crippen molar-refractivity contribution in [1.82, 2.24) is 0 Å². The standard InChI is InChI=1S/C20H27F.C2H4/c1-4-16(3)20(21)14-9-17-7-12-19(13-8-17)18-10-5-15(2)6-11-18;1-2/h4,7-8,12-15,18H,5-6,9-11H2,1-3H3;1-2H2/b16-4-,20-14+;. The molecular weight excluding hydrogens is 283 g/mol. The van der Waals surface area contributed by atoms with Gasteiger partial charge in [-0.15, -0.1) is 13.2 Å². The number of halogens is 1. The first-order chi connectivity index (χ1) is 11.1. The Kier molecular flexibility index (Phi) is 8.61. The Hall–Kier alpha value is -1.63. The smallest absolute Gasteiger partial charge is 0.122 e. The van der Waals surface area contributed by atoms with Crippen LogP contribution < -0.4 is 0 Å². The van der Waals surface area contributed by atoms with Crippen molar-refractivity contribution in [2.24, 2.45) is 5.92 Å². The molecule has 0 atom stereocenters. The summed E-state index contributed by atoms with van der Waals surface area (Å²) < 4.78 is 13.7. The predicted octanol–water partition coefficient (Wildman–Crippen LogP) is 7.14. The van der Waals surface area contributed by atoms with E-state index < -0.39 is 0 Å². The van der Waals surface area contributed by atoms with Crippen LogP contribution in [0.2, 0.25) is 0 Å². The van der Waals surface area contributed by atoms with Gasteiger partial charge in [0, 0.05) is 0 Å². The second-order valence-electron chi connectivity index (χ2n) is 6.43. The van der Waals surface area contributed by atoms with E-state index in [0.29, 0.717) is 12.0 Å². The normalized spacial score (nSPS) is 22.3. The summed E-state index contributed by atoms with van der Waals surface area (Å²) in [6.45, 7) is 12.0. The zero-order valence-electron chi connectivity index (χ0n) is 14.9. The molecule has 1 aromatic rings. The quantitative estimate of drug-likeness (QED) is 0.409. The van der Waals surface area contributed by atoms with Gasteiger partial charge in [-0.05, 0) is 67.7 Å². The van der Waals surface area contributed by atoms with Crippen LogP contribution in [-0.4, -0.2) is 0 Å². The van der Waals surface area contributed by atoms with Crippen LogP contribution in [0.1, 0.15) is 63.5 Å². The van der Waals surface area contributed by atoms with Crippen molar-refractivity contribution < 1.29 is 4.39 Å². The summed E-state index contributed by atoms with van der Waals surface area (Å²) in [5, 5.41) is 0. The number of rotatable bonds is 4. The molecule has 1 fully saturated rings. The molecule has 0 radical (unpaired) electrons. The molecule has 0 aliphatic heterocycles. The summed E-state index contributed by atoms with van der Waals surface area (Å²) in [7, 11) is 0. The number of allylic oxidation sites excluding steroid dienone is 4. The Labute approximate surface area is 141 Å². The fraction of sp³-hybridized carbons (Fsp3) is 0.455. The molecule has 23 heavy (non-hydrogen) atoms. The maximum Gasteiger partial charge on any atom is 0.122 e. The van der Waals surface area contributed by atoms with E-state index in [1.807, 2.05) is 6.92 Å². The molecule has 1 aliphatic rings. The van der Waals surface area contributed by atoms with Crippen LogP contribution in [0, 0.1) is 5.92 Å². The van der Waals surface area contributed by atoms with E-state index in [4.69, 9.17) is 0 Å². The number of hydrogen-bond acceptors (Lipinski definition) is 0. The first kappa shape index (κ1) is 19.4. The maximum atomic E-state index is 13.7. The zero-order chi connectivity index (χ0) is 17.2. The molecule has 0 saturated heterocycles. The molecular formula is C22H31F. The summed E-state index contributed by atoms with van der Waals surface area (Å²) in [6.07, 6.45) is 9.47. The molecule has 2 rings (SSSR count). The van der Waals surface area contributed by atoms with Crippen molar-refractivity contribution in [1.29, 1.82) is 0 Å². The Morgan fingerprint density at radius 3 is 2.22 bits per heavy atom. The molecule has 126 valence electrons. The van der Waals surface area contributed by atoms with E-state index in [1.54, 1.807) is 19.1 Å². The van der Waals surface area contributed by atoms with Gasteiger partial charge in [-0.25, -0.2) is 4.39 Å². The van der Waals surface area contributed by atoms with Crippen LogP contribution in [0.15, 0.2) is 61.0 Å². The lowest BCUT2D eigenvalue weighted by Gasteiger charge is -2.26. The zero-order valence-corrected chi connectivity index (χ0v) is 14.9. The summed E-state index contributed by atoms with van der Waals surface area (Å²) >= 11 is 0. The topological polar surface area (TPSA) is 0 Å². The summed E-state index contributed by atoms with van der Waals surface area (Å²) in [4.78, 5) is 0. The molecule has 1 aromatic carbocycles. The van der Waals surface area contributed by atoms with E-state index in [1.165, 1.54) is 36.8 Å². The monoisotopic (exact) mass is 314 g/mol. The average molecular weight is 314 g/mol. The first-order valence-electron chi connectivity index (χ1n) is 8.68. The first-order valence-corrected chi connectivity index (χ1v) is 8.68. The lowest BCUT2D eigenvalue weighted by atomic mass is 9.79. The average Bonchev–Trinajstić information content (AvgIpc) is 2.62. The van der Waals surface area contributed by atoms with Gasteiger partial charge in [0.15, 0.2) is 0 Å². The van der Waals surface area contributed by atoms with E-state index >= 15 is 0 Å². The lowest BCUT2D eigenvalue weighted by Crippen LogP contribution is -2.10. The molecule has 0 heterocycles. The minimum atomic E-state index is -0.108. The molecule has 0 N–H and O–H groups in total. The summed E-state index contributed by atoms with van der Waals surface area (Å²) in [5.41, 5.74) is 3.35. The third kappa shape index (κ3) is 6.17. The second kappa shape index (κ2) is 10.2. The molecule has 0 bridgehead atoms. The molecule has 0 spiro atoms. The van der Waals surface area contributed by atoms with Gasteiger partial charge in [-0.2, -0.15) is 0 Å². The molecule has 0 unspecified atom stereocenters. The van der Waals surface area contributed by atoms with Crippen LogP contribution >= 0.6 is 0 Å². The van der Waals surface area contributed by atoms with Gasteiger partial charge < -0.3 is 0 Å². The highest BCUT2D eigenvalue weighted by molar-refractivity contribution is 5.29. The molecule has 1 saturated carbocycles. The molecule has 0 amide bonds. The van der Waals surface area contributed by atoms with Crippen LogP contribution in [0.4, 0.5) is 4.39 Å². The van der Waals surface area contributed by atoms with Crippen LogP contribution in [0.5, 0.6) is 0 Å². The molecule has 0 aromatic heterocycles. The highest BCUT2D eigenvalue weighted by atomic mass is 19.1. The van der Waals surface area contributed by atoms with Crippen LogP contribution in [0.3, 0.4) is 0 Å². The highest BCUT2D eigenvalue weighted by Crippen LogP contribution is 2.35. The van der Waals surface area contributed by atoms with Gasteiger partial charge in [0.1, 0.15) is 5.83 Å². The minimum absolute atomic E-state index is 0.108. The van der Waals surface area contributed by atoms with Crippen molar-refractivity contribution in [2.75, 3.05) is 0 Å². The SMILES string of the molecule is C/C=C(C)\C(F)=C/Cc1ccc(C2CCC(C)CC2)cc1.C=C. The fourth-order valence-electron chi connectivity index (χ4n) is 3.03. The van der Waals surface area contributed by atoms with Gasteiger partial charge in [-0.1, -0.05) is 50.1 Å². The van der Waals surface area contributed by atoms with Crippen molar-refractivity contribution in [3.8, 4) is 0 Å². The molecule has 0 nitrogen and oxygen atoms in total. The second-order valence-corrected chi connectivity index (χ2v) is 6.43. The van der Waals surface area contributed by atoms with Crippen LogP contribution in [0.25, 0.3) is 0 Å². The fourth-order valence-corrected chi connectivity index (χ4v) is 3.03. The summed E-state index contributed by atoms with van der Waals surface area (Å²) in [5.74, 6) is 1.51. The van der Waals surface area contributed by atoms with Crippen molar-refractivity contribution in [3.05, 3.63) is 72.1 Å². The number of benzene rings is 1. The summed E-state index contributed by atoms with van der Waals surface area (Å²) in [6, 6.07) is 8.79. The maximum absolute atomic E-state index is 13.7. The van der Waals surface area contributed by atoms with E-state index in [0.717, 1.165) is 11.8 Å². The largest absolute Gasteiger partial charge is 0.207 e. The third-order valence-electron chi connectivity index (χ3n) is 4.79. The van der Waals surface area contributed by atoms with E-state index in [9.17, 15) is 4.39 Å². The predicted molar refractivity (Wildman–Crippen MR) is 100 cm³/mol. The Morgan fingerprint density at radius 1 is 1.13 bits per heavy atom. The lowest BCUT2D eigenvalue weighted by molar-refractivity contribution is 0.348. The van der Waals surface area contributed by atoms with Crippen molar-refractivity contribution in [3.63, 3.8) is 0 Å². The van der Waals surface area contributed by atoms with Gasteiger partial charge >= 0.3 is 0 Å². The Morgan fingerprint density at radius 2 is 1.70 bits per heavy atom. The van der Waals surface area contributed by atoms with E-state index in [2.05, 4.69) is 44.3 Å². The van der Waals surface area contributed by atoms with Gasteiger partial charge in [0.05, 0.1) is 0 Å². The Balaban J connectivity index is 0.00000127.